The van der Waals surface area contributed by atoms with Crippen LogP contribution in [0.15, 0.2) is 24.3 Å². The molecule has 6 heteroatoms. The van der Waals surface area contributed by atoms with E-state index in [0.717, 1.165) is 17.7 Å². The van der Waals surface area contributed by atoms with Gasteiger partial charge in [-0.3, -0.25) is 14.5 Å². The number of carboxylic acids is 1. The molecule has 1 aliphatic rings. The summed E-state index contributed by atoms with van der Waals surface area (Å²) in [7, 11) is 1.76. The number of likely N-dealkylation sites (N-methyl/N-ethyl adjacent to an activating group) is 1. The number of carboxylic acid groups (broad SMARTS) is 1. The summed E-state index contributed by atoms with van der Waals surface area (Å²) in [6.07, 6.45) is 0.753. The second kappa shape index (κ2) is 7.26. The Bertz CT molecular complexity index is 547. The summed E-state index contributed by atoms with van der Waals surface area (Å²) in [5.74, 6) is -0.154. The van der Waals surface area contributed by atoms with Crippen LogP contribution >= 0.6 is 0 Å². The highest BCUT2D eigenvalue weighted by atomic mass is 16.5. The molecule has 0 radical (unpaired) electrons. The number of nitrogens with one attached hydrogen (secondary N) is 1. The molecule has 22 heavy (non-hydrogen) atoms. The number of aliphatic carboxylic acids is 1. The maximum atomic E-state index is 12.4. The Kier molecular flexibility index (Phi) is 5.38. The molecule has 0 aromatic heterocycles. The second-order valence-corrected chi connectivity index (χ2v) is 5.54. The predicted molar refractivity (Wildman–Crippen MR) is 81.8 cm³/mol. The molecule has 0 saturated carbocycles. The molecule has 1 aromatic carbocycles. The molecule has 2 atom stereocenters. The van der Waals surface area contributed by atoms with E-state index < -0.39 is 5.97 Å². The SMILES string of the molecule is CC(C(=O)NC1CCOc2ccccc21)N(C)CCC(=O)O. The Balaban J connectivity index is 1.96. The number of amides is 1. The van der Waals surface area contributed by atoms with E-state index in [0.29, 0.717) is 13.2 Å². The van der Waals surface area contributed by atoms with Gasteiger partial charge in [-0.2, -0.15) is 0 Å². The lowest BCUT2D eigenvalue weighted by Gasteiger charge is -2.29. The minimum Gasteiger partial charge on any atom is -0.493 e. The first kappa shape index (κ1) is 16.3. The molecule has 1 heterocycles. The van der Waals surface area contributed by atoms with Crippen LogP contribution in [0.3, 0.4) is 0 Å². The average molecular weight is 306 g/mol. The van der Waals surface area contributed by atoms with Crippen LogP contribution in [0.1, 0.15) is 31.4 Å². The van der Waals surface area contributed by atoms with Crippen molar-refractivity contribution in [2.24, 2.45) is 0 Å². The number of carbonyl (C=O) groups excluding carboxylic acids is 1. The van der Waals surface area contributed by atoms with Gasteiger partial charge in [-0.25, -0.2) is 0 Å². The number of rotatable bonds is 6. The summed E-state index contributed by atoms with van der Waals surface area (Å²) < 4.78 is 5.58. The summed E-state index contributed by atoms with van der Waals surface area (Å²) >= 11 is 0. The molecule has 0 saturated heterocycles. The Morgan fingerprint density at radius 1 is 1.45 bits per heavy atom. The van der Waals surface area contributed by atoms with Gasteiger partial charge in [0.05, 0.1) is 25.1 Å². The van der Waals surface area contributed by atoms with E-state index in [1.54, 1.807) is 18.9 Å². The summed E-state index contributed by atoms with van der Waals surface area (Å²) in [5.41, 5.74) is 0.988. The van der Waals surface area contributed by atoms with Crippen LogP contribution in [0.4, 0.5) is 0 Å². The molecule has 120 valence electrons. The molecule has 2 N–H and O–H groups in total. The van der Waals surface area contributed by atoms with E-state index >= 15 is 0 Å². The quantitative estimate of drug-likeness (QED) is 0.831. The minimum atomic E-state index is -0.863. The van der Waals surface area contributed by atoms with Crippen molar-refractivity contribution in [2.45, 2.75) is 31.8 Å². The zero-order chi connectivity index (χ0) is 16.1. The maximum Gasteiger partial charge on any atom is 0.304 e. The van der Waals surface area contributed by atoms with Crippen molar-refractivity contribution in [3.8, 4) is 5.75 Å². The number of carbonyl (C=O) groups is 2. The van der Waals surface area contributed by atoms with Gasteiger partial charge in [0.15, 0.2) is 0 Å². The predicted octanol–water partition coefficient (Wildman–Crippen LogP) is 1.42. The third-order valence-electron chi connectivity index (χ3n) is 3.99. The minimum absolute atomic E-state index is 0.0220. The molecular weight excluding hydrogens is 284 g/mol. The zero-order valence-electron chi connectivity index (χ0n) is 12.9. The lowest BCUT2D eigenvalue weighted by atomic mass is 10.0. The number of para-hydroxylation sites is 1. The summed E-state index contributed by atoms with van der Waals surface area (Å²) in [5, 5.41) is 11.7. The van der Waals surface area contributed by atoms with Crippen LogP contribution in [0.2, 0.25) is 0 Å². The van der Waals surface area contributed by atoms with Crippen LogP contribution in [-0.4, -0.2) is 48.1 Å². The van der Waals surface area contributed by atoms with Crippen molar-refractivity contribution in [1.29, 1.82) is 0 Å². The Morgan fingerprint density at radius 3 is 2.91 bits per heavy atom. The maximum absolute atomic E-state index is 12.4. The van der Waals surface area contributed by atoms with Crippen molar-refractivity contribution in [1.82, 2.24) is 10.2 Å². The van der Waals surface area contributed by atoms with Gasteiger partial charge in [0.2, 0.25) is 5.91 Å². The van der Waals surface area contributed by atoms with Gasteiger partial charge >= 0.3 is 5.97 Å². The standard InChI is InChI=1S/C16H22N2O4/c1-11(18(2)9-7-15(19)20)16(21)17-13-8-10-22-14-6-4-3-5-12(13)14/h3-6,11,13H,7-10H2,1-2H3,(H,17,21)(H,19,20). The third kappa shape index (κ3) is 3.98. The topological polar surface area (TPSA) is 78.9 Å². The van der Waals surface area contributed by atoms with E-state index in [1.807, 2.05) is 24.3 Å². The Labute approximate surface area is 130 Å². The van der Waals surface area contributed by atoms with Crippen molar-refractivity contribution < 1.29 is 19.4 Å². The van der Waals surface area contributed by atoms with Gasteiger partial charge in [0.1, 0.15) is 5.75 Å². The molecule has 0 fully saturated rings. The normalized spacial score (nSPS) is 18.2. The smallest absolute Gasteiger partial charge is 0.304 e. The highest BCUT2D eigenvalue weighted by Gasteiger charge is 2.26. The van der Waals surface area contributed by atoms with Crippen LogP contribution in [0.5, 0.6) is 5.75 Å². The Morgan fingerprint density at radius 2 is 2.18 bits per heavy atom. The van der Waals surface area contributed by atoms with Gasteiger partial charge in [0.25, 0.3) is 0 Å². The molecule has 0 aliphatic carbocycles. The molecule has 2 unspecified atom stereocenters. The van der Waals surface area contributed by atoms with Crippen molar-refractivity contribution in [2.75, 3.05) is 20.2 Å². The van der Waals surface area contributed by atoms with Gasteiger partial charge in [-0.1, -0.05) is 18.2 Å². The molecule has 1 aliphatic heterocycles. The number of hydrogen-bond acceptors (Lipinski definition) is 4. The van der Waals surface area contributed by atoms with Gasteiger partial charge in [0, 0.05) is 18.5 Å². The van der Waals surface area contributed by atoms with Crippen LogP contribution < -0.4 is 10.1 Å². The van der Waals surface area contributed by atoms with Gasteiger partial charge in [-0.05, 0) is 20.0 Å². The van der Waals surface area contributed by atoms with E-state index in [4.69, 9.17) is 9.84 Å². The molecule has 2 rings (SSSR count). The molecular formula is C16H22N2O4. The van der Waals surface area contributed by atoms with Gasteiger partial charge < -0.3 is 15.2 Å². The van der Waals surface area contributed by atoms with E-state index in [1.165, 1.54) is 0 Å². The molecule has 0 spiro atoms. The number of ether oxygens (including phenoxy) is 1. The van der Waals surface area contributed by atoms with E-state index in [9.17, 15) is 9.59 Å². The van der Waals surface area contributed by atoms with Crippen LogP contribution in [-0.2, 0) is 9.59 Å². The fourth-order valence-corrected chi connectivity index (χ4v) is 2.45. The highest BCUT2D eigenvalue weighted by Crippen LogP contribution is 2.31. The lowest BCUT2D eigenvalue weighted by Crippen LogP contribution is -2.45. The molecule has 0 bridgehead atoms. The molecule has 1 amide bonds. The largest absolute Gasteiger partial charge is 0.493 e. The first-order chi connectivity index (χ1) is 10.5. The fourth-order valence-electron chi connectivity index (χ4n) is 2.45. The van der Waals surface area contributed by atoms with Crippen molar-refractivity contribution in [3.63, 3.8) is 0 Å². The number of nitrogens with zero attached hydrogens (tertiary/aromatic N) is 1. The Hall–Kier alpha value is -2.08. The van der Waals surface area contributed by atoms with Crippen LogP contribution in [0, 0.1) is 0 Å². The first-order valence-electron chi connectivity index (χ1n) is 7.43. The highest BCUT2D eigenvalue weighted by molar-refractivity contribution is 5.82. The van der Waals surface area contributed by atoms with Crippen molar-refractivity contribution in [3.05, 3.63) is 29.8 Å². The summed E-state index contributed by atoms with van der Waals surface area (Å²) in [6, 6.07) is 7.25. The molecule has 6 nitrogen and oxygen atoms in total. The number of hydrogen-bond donors (Lipinski definition) is 2. The first-order valence-corrected chi connectivity index (χ1v) is 7.43. The van der Waals surface area contributed by atoms with E-state index in [-0.39, 0.29) is 24.4 Å². The van der Waals surface area contributed by atoms with Gasteiger partial charge in [-0.15, -0.1) is 0 Å². The van der Waals surface area contributed by atoms with E-state index in [2.05, 4.69) is 5.32 Å². The second-order valence-electron chi connectivity index (χ2n) is 5.54. The number of benzene rings is 1. The third-order valence-corrected chi connectivity index (χ3v) is 3.99. The molecule has 1 aromatic rings. The zero-order valence-corrected chi connectivity index (χ0v) is 12.9. The lowest BCUT2D eigenvalue weighted by molar-refractivity contribution is -0.138. The summed E-state index contributed by atoms with van der Waals surface area (Å²) in [4.78, 5) is 24.7. The summed E-state index contributed by atoms with van der Waals surface area (Å²) in [6.45, 7) is 2.70. The van der Waals surface area contributed by atoms with Crippen LogP contribution in [0.25, 0.3) is 0 Å². The number of fused-ring (bicyclic) bond motifs is 1. The monoisotopic (exact) mass is 306 g/mol. The average Bonchev–Trinajstić information content (AvgIpc) is 2.52. The fraction of sp³-hybridized carbons (Fsp3) is 0.500. The van der Waals surface area contributed by atoms with Crippen molar-refractivity contribution >= 4 is 11.9 Å².